The Morgan fingerprint density at radius 2 is 1.95 bits per heavy atom. The summed E-state index contributed by atoms with van der Waals surface area (Å²) in [5, 5.41) is 12.0. The minimum absolute atomic E-state index is 0.664. The van der Waals surface area contributed by atoms with Crippen molar-refractivity contribution in [1.29, 1.82) is 5.26 Å². The van der Waals surface area contributed by atoms with Crippen LogP contribution in [0.5, 0.6) is 0 Å². The Balaban J connectivity index is 2.25. The van der Waals surface area contributed by atoms with Gasteiger partial charge in [0.15, 0.2) is 0 Å². The predicted octanol–water partition coefficient (Wildman–Crippen LogP) is 3.15. The lowest BCUT2D eigenvalue weighted by atomic mass is 10.2. The molecular weight excluding hydrogens is 236 g/mol. The number of rotatable bonds is 4. The summed E-state index contributed by atoms with van der Waals surface area (Å²) >= 11 is 0. The molecular formula is C15H16N4. The Labute approximate surface area is 113 Å². The van der Waals surface area contributed by atoms with Gasteiger partial charge in [0.05, 0.1) is 35.4 Å². The van der Waals surface area contributed by atoms with Crippen molar-refractivity contribution in [3.05, 3.63) is 48.3 Å². The molecule has 1 N–H and O–H groups in total. The first-order valence-corrected chi connectivity index (χ1v) is 6.17. The van der Waals surface area contributed by atoms with E-state index in [1.807, 2.05) is 42.4 Å². The highest BCUT2D eigenvalue weighted by atomic mass is 15.1. The Kier molecular flexibility index (Phi) is 3.99. The van der Waals surface area contributed by atoms with Gasteiger partial charge in [-0.2, -0.15) is 5.26 Å². The molecule has 19 heavy (non-hydrogen) atoms. The van der Waals surface area contributed by atoms with Gasteiger partial charge in [-0.15, -0.1) is 0 Å². The summed E-state index contributed by atoms with van der Waals surface area (Å²) < 4.78 is 0. The second-order valence-electron chi connectivity index (χ2n) is 4.18. The zero-order valence-electron chi connectivity index (χ0n) is 11.1. The zero-order valence-corrected chi connectivity index (χ0v) is 11.1. The minimum atomic E-state index is 0.664. The maximum Gasteiger partial charge on any atom is 0.0991 e. The van der Waals surface area contributed by atoms with Crippen LogP contribution in [-0.2, 0) is 0 Å². The highest BCUT2D eigenvalue weighted by Crippen LogP contribution is 2.24. The van der Waals surface area contributed by atoms with E-state index < -0.39 is 0 Å². The van der Waals surface area contributed by atoms with E-state index >= 15 is 0 Å². The molecule has 0 bridgehead atoms. The molecule has 0 spiro atoms. The summed E-state index contributed by atoms with van der Waals surface area (Å²) in [7, 11) is 1.98. The Morgan fingerprint density at radius 3 is 2.58 bits per heavy atom. The van der Waals surface area contributed by atoms with Crippen molar-refractivity contribution in [2.24, 2.45) is 0 Å². The van der Waals surface area contributed by atoms with Crippen LogP contribution in [0.3, 0.4) is 0 Å². The van der Waals surface area contributed by atoms with Crippen LogP contribution in [0, 0.1) is 11.3 Å². The lowest BCUT2D eigenvalue weighted by Crippen LogP contribution is -2.10. The molecule has 2 rings (SSSR count). The standard InChI is InChI=1S/C15H16N4/c1-3-18-13-8-15(11-17-10-13)19(2)14-6-4-12(9-16)5-7-14/h4-8,10-11,18H,3H2,1-2H3. The highest BCUT2D eigenvalue weighted by molar-refractivity contribution is 5.65. The molecule has 2 aromatic rings. The van der Waals surface area contributed by atoms with Gasteiger partial charge < -0.3 is 10.2 Å². The molecule has 0 saturated carbocycles. The van der Waals surface area contributed by atoms with Gasteiger partial charge in [-0.25, -0.2) is 0 Å². The first kappa shape index (κ1) is 12.9. The molecule has 1 aromatic heterocycles. The van der Waals surface area contributed by atoms with Crippen molar-refractivity contribution >= 4 is 17.1 Å². The van der Waals surface area contributed by atoms with Crippen LogP contribution in [0.1, 0.15) is 12.5 Å². The maximum absolute atomic E-state index is 8.80. The van der Waals surface area contributed by atoms with E-state index in [4.69, 9.17) is 5.26 Å². The van der Waals surface area contributed by atoms with E-state index in [0.29, 0.717) is 5.56 Å². The van der Waals surface area contributed by atoms with E-state index in [1.54, 1.807) is 6.20 Å². The Hall–Kier alpha value is -2.54. The molecule has 0 aliphatic carbocycles. The van der Waals surface area contributed by atoms with Gasteiger partial charge >= 0.3 is 0 Å². The first-order chi connectivity index (χ1) is 9.24. The van der Waals surface area contributed by atoms with Gasteiger partial charge in [0, 0.05) is 19.3 Å². The molecule has 0 saturated heterocycles. The largest absolute Gasteiger partial charge is 0.384 e. The van der Waals surface area contributed by atoms with E-state index in [0.717, 1.165) is 23.6 Å². The number of hydrogen-bond donors (Lipinski definition) is 1. The third kappa shape index (κ3) is 3.02. The number of nitriles is 1. The average molecular weight is 252 g/mol. The molecule has 4 nitrogen and oxygen atoms in total. The number of pyridine rings is 1. The third-order valence-electron chi connectivity index (χ3n) is 2.88. The molecule has 0 unspecified atom stereocenters. The van der Waals surface area contributed by atoms with Crippen molar-refractivity contribution in [3.8, 4) is 6.07 Å². The van der Waals surface area contributed by atoms with Crippen LogP contribution in [0.25, 0.3) is 0 Å². The van der Waals surface area contributed by atoms with Crippen LogP contribution >= 0.6 is 0 Å². The summed E-state index contributed by atoms with van der Waals surface area (Å²) in [5.74, 6) is 0. The van der Waals surface area contributed by atoms with Crippen LogP contribution in [-0.4, -0.2) is 18.6 Å². The average Bonchev–Trinajstić information content (AvgIpc) is 2.47. The number of aromatic nitrogens is 1. The van der Waals surface area contributed by atoms with Crippen molar-refractivity contribution in [2.75, 3.05) is 23.8 Å². The number of anilines is 3. The van der Waals surface area contributed by atoms with E-state index in [2.05, 4.69) is 29.4 Å². The van der Waals surface area contributed by atoms with Crippen molar-refractivity contribution < 1.29 is 0 Å². The molecule has 0 aliphatic rings. The molecule has 96 valence electrons. The summed E-state index contributed by atoms with van der Waals surface area (Å²) in [6.07, 6.45) is 3.62. The summed E-state index contributed by atoms with van der Waals surface area (Å²) in [6, 6.07) is 11.7. The number of nitrogens with zero attached hydrogens (tertiary/aromatic N) is 3. The molecule has 0 aliphatic heterocycles. The normalized spacial score (nSPS) is 9.74. The second kappa shape index (κ2) is 5.87. The monoisotopic (exact) mass is 252 g/mol. The topological polar surface area (TPSA) is 52.0 Å². The van der Waals surface area contributed by atoms with Gasteiger partial charge in [-0.3, -0.25) is 4.98 Å². The first-order valence-electron chi connectivity index (χ1n) is 6.17. The number of nitrogens with one attached hydrogen (secondary N) is 1. The van der Waals surface area contributed by atoms with E-state index in [1.165, 1.54) is 0 Å². The van der Waals surface area contributed by atoms with Crippen LogP contribution in [0.15, 0.2) is 42.7 Å². The Morgan fingerprint density at radius 1 is 1.21 bits per heavy atom. The quantitative estimate of drug-likeness (QED) is 0.908. The molecule has 4 heteroatoms. The van der Waals surface area contributed by atoms with Gasteiger partial charge in [-0.05, 0) is 37.3 Å². The van der Waals surface area contributed by atoms with Crippen LogP contribution < -0.4 is 10.2 Å². The molecule has 1 heterocycles. The van der Waals surface area contributed by atoms with Crippen LogP contribution in [0.2, 0.25) is 0 Å². The smallest absolute Gasteiger partial charge is 0.0991 e. The van der Waals surface area contributed by atoms with Gasteiger partial charge in [0.25, 0.3) is 0 Å². The minimum Gasteiger partial charge on any atom is -0.384 e. The zero-order chi connectivity index (χ0) is 13.7. The predicted molar refractivity (Wildman–Crippen MR) is 77.6 cm³/mol. The van der Waals surface area contributed by atoms with Crippen molar-refractivity contribution in [3.63, 3.8) is 0 Å². The lowest BCUT2D eigenvalue weighted by Gasteiger charge is -2.19. The fourth-order valence-electron chi connectivity index (χ4n) is 1.82. The van der Waals surface area contributed by atoms with Gasteiger partial charge in [-0.1, -0.05) is 0 Å². The molecule has 0 fully saturated rings. The van der Waals surface area contributed by atoms with E-state index in [-0.39, 0.29) is 0 Å². The fraction of sp³-hybridized carbons (Fsp3) is 0.200. The SMILES string of the molecule is CCNc1cncc(N(C)c2ccc(C#N)cc2)c1. The molecule has 0 amide bonds. The summed E-state index contributed by atoms with van der Waals surface area (Å²) in [4.78, 5) is 6.26. The number of benzene rings is 1. The lowest BCUT2D eigenvalue weighted by molar-refractivity contribution is 1.15. The molecule has 0 radical (unpaired) electrons. The molecule has 0 atom stereocenters. The van der Waals surface area contributed by atoms with Crippen molar-refractivity contribution in [2.45, 2.75) is 6.92 Å². The van der Waals surface area contributed by atoms with Crippen molar-refractivity contribution in [1.82, 2.24) is 4.98 Å². The summed E-state index contributed by atoms with van der Waals surface area (Å²) in [5.41, 5.74) is 3.69. The summed E-state index contributed by atoms with van der Waals surface area (Å²) in [6.45, 7) is 2.92. The molecule has 1 aromatic carbocycles. The van der Waals surface area contributed by atoms with Gasteiger partial charge in [0.2, 0.25) is 0 Å². The third-order valence-corrected chi connectivity index (χ3v) is 2.88. The Bertz CT molecular complexity index is 584. The highest BCUT2D eigenvalue weighted by Gasteiger charge is 2.05. The van der Waals surface area contributed by atoms with Gasteiger partial charge in [0.1, 0.15) is 0 Å². The number of hydrogen-bond acceptors (Lipinski definition) is 4. The van der Waals surface area contributed by atoms with E-state index in [9.17, 15) is 0 Å². The van der Waals surface area contributed by atoms with Crippen LogP contribution in [0.4, 0.5) is 17.1 Å². The second-order valence-corrected chi connectivity index (χ2v) is 4.18. The fourth-order valence-corrected chi connectivity index (χ4v) is 1.82. The maximum atomic E-state index is 8.80.